The smallest absolute Gasteiger partial charge is 0.355 e. The first-order valence-electron chi connectivity index (χ1n) is 7.46. The Kier molecular flexibility index (Phi) is 4.67. The number of benzene rings is 1. The van der Waals surface area contributed by atoms with Crippen molar-refractivity contribution in [3.05, 3.63) is 69.7 Å². The molecule has 2 N–H and O–H groups in total. The van der Waals surface area contributed by atoms with Crippen molar-refractivity contribution >= 4 is 28.9 Å². The van der Waals surface area contributed by atoms with Gasteiger partial charge in [-0.05, 0) is 42.1 Å². The number of halogens is 1. The summed E-state index contributed by atoms with van der Waals surface area (Å²) in [7, 11) is 0. The molecule has 0 aliphatic heterocycles. The summed E-state index contributed by atoms with van der Waals surface area (Å²) in [4.78, 5) is 24.3. The fourth-order valence-corrected chi connectivity index (χ4v) is 3.21. The van der Waals surface area contributed by atoms with E-state index < -0.39 is 18.6 Å². The number of aromatic nitrogens is 1. The highest BCUT2D eigenvalue weighted by Crippen LogP contribution is 2.24. The van der Waals surface area contributed by atoms with Gasteiger partial charge in [0.25, 0.3) is 5.91 Å². The molecule has 0 bridgehead atoms. The van der Waals surface area contributed by atoms with E-state index in [0.29, 0.717) is 16.1 Å². The number of carbonyl (C=O) groups excluding carboxylic acids is 1. The third-order valence-electron chi connectivity index (χ3n) is 3.68. The van der Waals surface area contributed by atoms with Crippen molar-refractivity contribution in [3.8, 4) is 5.69 Å². The van der Waals surface area contributed by atoms with E-state index in [1.165, 1.54) is 16.7 Å². The summed E-state index contributed by atoms with van der Waals surface area (Å²) < 4.78 is 14.1. The topological polar surface area (TPSA) is 71.3 Å². The van der Waals surface area contributed by atoms with E-state index in [0.717, 1.165) is 16.9 Å². The van der Waals surface area contributed by atoms with E-state index in [-0.39, 0.29) is 11.4 Å². The Balaban J connectivity index is 1.93. The van der Waals surface area contributed by atoms with E-state index in [1.807, 2.05) is 19.1 Å². The lowest BCUT2D eigenvalue weighted by Crippen LogP contribution is -2.14. The molecule has 2 aromatic heterocycles. The van der Waals surface area contributed by atoms with Gasteiger partial charge < -0.3 is 15.0 Å². The minimum absolute atomic E-state index is 0.0422. The Hall–Kier alpha value is -2.93. The van der Waals surface area contributed by atoms with Gasteiger partial charge in [-0.25, -0.2) is 9.18 Å². The predicted octanol–water partition coefficient (Wildman–Crippen LogP) is 4.27. The van der Waals surface area contributed by atoms with Gasteiger partial charge >= 0.3 is 5.97 Å². The third kappa shape index (κ3) is 3.46. The molecule has 3 aromatic rings. The van der Waals surface area contributed by atoms with Crippen molar-refractivity contribution in [3.63, 3.8) is 0 Å². The van der Waals surface area contributed by atoms with Crippen molar-refractivity contribution in [2.24, 2.45) is 0 Å². The number of rotatable bonds is 5. The van der Waals surface area contributed by atoms with E-state index in [1.54, 1.807) is 23.7 Å². The number of anilines is 1. The van der Waals surface area contributed by atoms with Gasteiger partial charge in [0.1, 0.15) is 6.67 Å². The fraction of sp³-hybridized carbons (Fsp3) is 0.111. The number of hydrogen-bond donors (Lipinski definition) is 2. The van der Waals surface area contributed by atoms with Crippen LogP contribution in [0, 0.1) is 6.92 Å². The minimum atomic E-state index is -1.16. The number of alkyl halides is 1. The molecule has 25 heavy (non-hydrogen) atoms. The number of carbonyl (C=O) groups is 2. The summed E-state index contributed by atoms with van der Waals surface area (Å²) in [6.45, 7) is 1.30. The number of carboxylic acid groups (broad SMARTS) is 1. The SMILES string of the molecule is Cc1ccc(-n2ccc(NC(=O)c3cc(CF)cs3)c2C(=O)O)cc1. The van der Waals surface area contributed by atoms with Crippen molar-refractivity contribution in [1.29, 1.82) is 0 Å². The molecule has 1 amide bonds. The van der Waals surface area contributed by atoms with E-state index in [9.17, 15) is 19.1 Å². The van der Waals surface area contributed by atoms with Crippen LogP contribution >= 0.6 is 11.3 Å². The van der Waals surface area contributed by atoms with Gasteiger partial charge in [0.15, 0.2) is 5.69 Å². The van der Waals surface area contributed by atoms with Crippen LogP contribution in [0.15, 0.2) is 48.0 Å². The second-order valence-corrected chi connectivity index (χ2v) is 6.41. The van der Waals surface area contributed by atoms with Crippen LogP contribution in [-0.4, -0.2) is 21.6 Å². The maximum Gasteiger partial charge on any atom is 0.355 e. The molecule has 5 nitrogen and oxygen atoms in total. The van der Waals surface area contributed by atoms with Crippen LogP contribution < -0.4 is 5.32 Å². The molecular weight excluding hydrogens is 343 g/mol. The Morgan fingerprint density at radius 1 is 1.24 bits per heavy atom. The van der Waals surface area contributed by atoms with E-state index in [4.69, 9.17) is 0 Å². The zero-order valence-corrected chi connectivity index (χ0v) is 14.1. The summed E-state index contributed by atoms with van der Waals surface area (Å²) in [5.74, 6) is -1.62. The zero-order chi connectivity index (χ0) is 18.0. The van der Waals surface area contributed by atoms with Crippen LogP contribution in [0.5, 0.6) is 0 Å². The number of amides is 1. The molecule has 7 heteroatoms. The predicted molar refractivity (Wildman–Crippen MR) is 94.5 cm³/mol. The molecule has 0 radical (unpaired) electrons. The number of nitrogens with zero attached hydrogens (tertiary/aromatic N) is 1. The Morgan fingerprint density at radius 2 is 1.96 bits per heavy atom. The van der Waals surface area contributed by atoms with Crippen molar-refractivity contribution in [1.82, 2.24) is 4.57 Å². The van der Waals surface area contributed by atoms with Gasteiger partial charge in [-0.3, -0.25) is 4.79 Å². The molecule has 0 aliphatic carbocycles. The zero-order valence-electron chi connectivity index (χ0n) is 13.3. The molecule has 0 aliphatic rings. The summed E-state index contributed by atoms with van der Waals surface area (Å²) in [6, 6.07) is 10.4. The molecular formula is C18H15FN2O3S. The highest BCUT2D eigenvalue weighted by Gasteiger charge is 2.20. The number of aryl methyl sites for hydroxylation is 1. The van der Waals surface area contributed by atoms with Gasteiger partial charge in [0, 0.05) is 11.9 Å². The monoisotopic (exact) mass is 358 g/mol. The lowest BCUT2D eigenvalue weighted by molar-refractivity contribution is 0.0689. The van der Waals surface area contributed by atoms with Gasteiger partial charge in [-0.15, -0.1) is 11.3 Å². The summed E-state index contributed by atoms with van der Waals surface area (Å²) in [6.07, 6.45) is 1.59. The summed E-state index contributed by atoms with van der Waals surface area (Å²) in [5.41, 5.74) is 2.31. The average Bonchev–Trinajstić information content (AvgIpc) is 3.22. The number of hydrogen-bond acceptors (Lipinski definition) is 3. The highest BCUT2D eigenvalue weighted by molar-refractivity contribution is 7.12. The lowest BCUT2D eigenvalue weighted by atomic mass is 10.2. The van der Waals surface area contributed by atoms with Crippen molar-refractivity contribution in [2.75, 3.05) is 5.32 Å². The van der Waals surface area contributed by atoms with Crippen molar-refractivity contribution in [2.45, 2.75) is 13.6 Å². The first kappa shape index (κ1) is 16.9. The molecule has 0 saturated carbocycles. The molecule has 0 atom stereocenters. The second kappa shape index (κ2) is 6.90. The van der Waals surface area contributed by atoms with Gasteiger partial charge in [-0.2, -0.15) is 0 Å². The first-order chi connectivity index (χ1) is 12.0. The van der Waals surface area contributed by atoms with Crippen LogP contribution in [0.2, 0.25) is 0 Å². The third-order valence-corrected chi connectivity index (χ3v) is 4.66. The number of nitrogens with one attached hydrogen (secondary N) is 1. The normalized spacial score (nSPS) is 10.6. The van der Waals surface area contributed by atoms with Gasteiger partial charge in [-0.1, -0.05) is 17.7 Å². The van der Waals surface area contributed by atoms with Crippen LogP contribution in [0.3, 0.4) is 0 Å². The molecule has 0 unspecified atom stereocenters. The van der Waals surface area contributed by atoms with Crippen LogP contribution in [0.4, 0.5) is 10.1 Å². The van der Waals surface area contributed by atoms with E-state index in [2.05, 4.69) is 5.32 Å². The fourth-order valence-electron chi connectivity index (χ4n) is 2.42. The minimum Gasteiger partial charge on any atom is -0.476 e. The highest BCUT2D eigenvalue weighted by atomic mass is 32.1. The maximum absolute atomic E-state index is 12.6. The van der Waals surface area contributed by atoms with Crippen LogP contribution in [0.1, 0.15) is 31.3 Å². The first-order valence-corrected chi connectivity index (χ1v) is 8.34. The Labute approximate surface area is 147 Å². The number of thiophene rings is 1. The average molecular weight is 358 g/mol. The number of aromatic carboxylic acids is 1. The van der Waals surface area contributed by atoms with Crippen molar-refractivity contribution < 1.29 is 19.1 Å². The molecule has 1 aromatic carbocycles. The van der Waals surface area contributed by atoms with Gasteiger partial charge in [0.2, 0.25) is 0 Å². The summed E-state index contributed by atoms with van der Waals surface area (Å²) in [5, 5.41) is 13.7. The lowest BCUT2D eigenvalue weighted by Gasteiger charge is -2.09. The van der Waals surface area contributed by atoms with Gasteiger partial charge in [0.05, 0.1) is 10.6 Å². The standard InChI is InChI=1S/C18H15FN2O3S/c1-11-2-4-13(5-3-11)21-7-6-14(16(21)18(23)24)20-17(22)15-8-12(9-19)10-25-15/h2-8,10H,9H2,1H3,(H,20,22)(H,23,24). The Bertz CT molecular complexity index is 928. The quantitative estimate of drug-likeness (QED) is 0.716. The molecule has 128 valence electrons. The molecule has 0 saturated heterocycles. The number of carboxylic acids is 1. The second-order valence-electron chi connectivity index (χ2n) is 5.50. The molecule has 3 rings (SSSR count). The Morgan fingerprint density at radius 3 is 2.56 bits per heavy atom. The maximum atomic E-state index is 12.6. The van der Waals surface area contributed by atoms with Crippen LogP contribution in [-0.2, 0) is 6.67 Å². The molecule has 0 spiro atoms. The summed E-state index contributed by atoms with van der Waals surface area (Å²) >= 11 is 1.11. The largest absolute Gasteiger partial charge is 0.476 e. The van der Waals surface area contributed by atoms with Crippen LogP contribution in [0.25, 0.3) is 5.69 Å². The molecule has 0 fully saturated rings. The molecule has 2 heterocycles. The van der Waals surface area contributed by atoms with E-state index >= 15 is 0 Å².